The van der Waals surface area contributed by atoms with Gasteiger partial charge in [-0.25, -0.2) is 14.4 Å². The molecule has 0 bridgehead atoms. The molecule has 0 unspecified atom stereocenters. The Bertz CT molecular complexity index is 1890. The molecule has 0 aliphatic carbocycles. The summed E-state index contributed by atoms with van der Waals surface area (Å²) in [5, 5.41) is 3.27. The van der Waals surface area contributed by atoms with Gasteiger partial charge in [0.25, 0.3) is 0 Å². The predicted octanol–water partition coefficient (Wildman–Crippen LogP) is 6.14. The van der Waals surface area contributed by atoms with Crippen molar-refractivity contribution < 1.29 is 42.8 Å². The number of methoxy groups -OCH3 is 5. The van der Waals surface area contributed by atoms with Crippen molar-refractivity contribution in [2.75, 3.05) is 40.9 Å². The number of pyridine rings is 1. The van der Waals surface area contributed by atoms with Gasteiger partial charge >= 0.3 is 17.9 Å². The number of esters is 3. The van der Waals surface area contributed by atoms with Gasteiger partial charge in [-0.15, -0.1) is 0 Å². The molecule has 5 rings (SSSR count). The van der Waals surface area contributed by atoms with E-state index < -0.39 is 17.9 Å². The number of carbonyl (C=O) groups excluding carboxylic acids is 3. The van der Waals surface area contributed by atoms with Crippen molar-refractivity contribution in [1.82, 2.24) is 4.98 Å². The summed E-state index contributed by atoms with van der Waals surface area (Å²) in [5.74, 6) is 1.06. The average Bonchev–Trinajstić information content (AvgIpc) is 3.14. The highest BCUT2D eigenvalue weighted by Crippen LogP contribution is 2.20. The Balaban J connectivity index is 0.000000202. The van der Waals surface area contributed by atoms with Gasteiger partial charge in [0.15, 0.2) is 5.43 Å². The lowest BCUT2D eigenvalue weighted by Gasteiger charge is -2.10. The van der Waals surface area contributed by atoms with Crippen molar-refractivity contribution in [3.63, 3.8) is 0 Å². The lowest BCUT2D eigenvalue weighted by Crippen LogP contribution is -2.15. The van der Waals surface area contributed by atoms with Gasteiger partial charge in [0.05, 0.1) is 47.1 Å². The molecule has 1 aromatic heterocycles. The molecule has 1 heterocycles. The van der Waals surface area contributed by atoms with Crippen LogP contribution in [0.5, 0.6) is 23.0 Å². The Morgan fingerprint density at radius 1 is 0.633 bits per heavy atom. The van der Waals surface area contributed by atoms with Crippen LogP contribution in [0.3, 0.4) is 0 Å². The van der Waals surface area contributed by atoms with Crippen LogP contribution in [-0.4, -0.2) is 58.4 Å². The van der Waals surface area contributed by atoms with E-state index in [1.54, 1.807) is 42.5 Å². The van der Waals surface area contributed by atoms with Crippen molar-refractivity contribution in [3.05, 3.63) is 137 Å². The molecule has 2 N–H and O–H groups in total. The smallest absolute Gasteiger partial charge is 0.354 e. The minimum Gasteiger partial charge on any atom is -0.497 e. The van der Waals surface area contributed by atoms with Gasteiger partial charge in [0, 0.05) is 29.3 Å². The number of ether oxygens (including phenoxy) is 6. The van der Waals surface area contributed by atoms with Gasteiger partial charge in [-0.2, -0.15) is 0 Å². The molecule has 0 radical (unpaired) electrons. The van der Waals surface area contributed by atoms with Crippen molar-refractivity contribution >= 4 is 34.5 Å². The second kappa shape index (κ2) is 19.2. The zero-order chi connectivity index (χ0) is 35.6. The van der Waals surface area contributed by atoms with E-state index in [0.717, 1.165) is 17.6 Å². The third-order valence-electron chi connectivity index (χ3n) is 6.38. The summed E-state index contributed by atoms with van der Waals surface area (Å²) in [4.78, 5) is 48.6. The molecule has 0 spiro atoms. The molecule has 4 aromatic carbocycles. The largest absolute Gasteiger partial charge is 0.497 e. The number of hydrogen-bond acceptors (Lipinski definition) is 11. The summed E-state index contributed by atoms with van der Waals surface area (Å²) >= 11 is 0. The molecule has 49 heavy (non-hydrogen) atoms. The highest BCUT2D eigenvalue weighted by atomic mass is 16.5. The van der Waals surface area contributed by atoms with E-state index >= 15 is 0 Å². The van der Waals surface area contributed by atoms with Gasteiger partial charge in [0.2, 0.25) is 0 Å². The fourth-order valence-electron chi connectivity index (χ4n) is 3.98. The molecule has 5 aromatic rings. The summed E-state index contributed by atoms with van der Waals surface area (Å²) < 4.78 is 29.3. The molecule has 12 nitrogen and oxygen atoms in total. The van der Waals surface area contributed by atoms with E-state index in [-0.39, 0.29) is 16.8 Å². The Hall–Kier alpha value is -6.56. The number of aromatic amines is 1. The van der Waals surface area contributed by atoms with Crippen molar-refractivity contribution in [3.8, 4) is 23.0 Å². The first-order chi connectivity index (χ1) is 23.7. The van der Waals surface area contributed by atoms with E-state index in [0.29, 0.717) is 28.1 Å². The van der Waals surface area contributed by atoms with E-state index in [9.17, 15) is 19.2 Å². The number of fused-ring (bicyclic) bond motifs is 1. The Morgan fingerprint density at radius 3 is 1.78 bits per heavy atom. The van der Waals surface area contributed by atoms with Crippen LogP contribution in [-0.2, 0) is 23.8 Å². The molecule has 0 saturated carbocycles. The van der Waals surface area contributed by atoms with Crippen LogP contribution in [0.4, 0.5) is 5.69 Å². The maximum Gasteiger partial charge on any atom is 0.354 e. The van der Waals surface area contributed by atoms with Crippen molar-refractivity contribution in [1.29, 1.82) is 0 Å². The Kier molecular flexibility index (Phi) is 14.4. The molecule has 0 atom stereocenters. The van der Waals surface area contributed by atoms with Crippen molar-refractivity contribution in [2.24, 2.45) is 0 Å². The monoisotopic (exact) mass is 668 g/mol. The lowest BCUT2D eigenvalue weighted by molar-refractivity contribution is -0.138. The fraction of sp³-hybridized carbons (Fsp3) is 0.135. The minimum absolute atomic E-state index is 0.0254. The molecule has 0 saturated heterocycles. The van der Waals surface area contributed by atoms with Crippen LogP contribution in [0.2, 0.25) is 0 Å². The average molecular weight is 669 g/mol. The zero-order valence-corrected chi connectivity index (χ0v) is 27.6. The van der Waals surface area contributed by atoms with Gasteiger partial charge in [0.1, 0.15) is 34.4 Å². The summed E-state index contributed by atoms with van der Waals surface area (Å²) in [5.41, 5.74) is 0.986. The number of nitrogens with one attached hydrogen (secondary N) is 2. The van der Waals surface area contributed by atoms with Crippen LogP contribution in [0, 0.1) is 0 Å². The standard InChI is InChI=1S/C13H15NO5.C12H11NO4.C12H10O/c1-17-10-6-4-5-9(7-10)14-11(13(16)19-3)8-12(15)18-2;1-16-7-3-4-8-9(5-7)13-10(6-11(8)14)12(15)17-2;1-3-7-11(8-4-1)13-12-9-5-2-6-10-12/h4-8,14H,1-3H3;3-6H,1-2H3,(H,13,14);1-10H/b11-8-;;. The first-order valence-electron chi connectivity index (χ1n) is 14.6. The van der Waals surface area contributed by atoms with Crippen LogP contribution >= 0.6 is 0 Å². The third kappa shape index (κ3) is 11.6. The maximum absolute atomic E-state index is 11.8. The van der Waals surface area contributed by atoms with Gasteiger partial charge in [-0.3, -0.25) is 4.79 Å². The Labute approximate surface area is 282 Å². The Morgan fingerprint density at radius 2 is 1.22 bits per heavy atom. The highest BCUT2D eigenvalue weighted by Gasteiger charge is 2.13. The lowest BCUT2D eigenvalue weighted by atomic mass is 10.2. The topological polar surface area (TPSA) is 151 Å². The van der Waals surface area contributed by atoms with Crippen LogP contribution in [0.1, 0.15) is 10.5 Å². The van der Waals surface area contributed by atoms with Gasteiger partial charge in [-0.05, 0) is 48.5 Å². The van der Waals surface area contributed by atoms with E-state index in [1.807, 2.05) is 60.7 Å². The molecular weight excluding hydrogens is 632 g/mol. The normalized spacial score (nSPS) is 10.2. The number of rotatable bonds is 9. The van der Waals surface area contributed by atoms with Gasteiger partial charge < -0.3 is 38.7 Å². The fourth-order valence-corrected chi connectivity index (χ4v) is 3.98. The summed E-state index contributed by atoms with van der Waals surface area (Å²) in [6.07, 6.45) is 1.02. The number of benzene rings is 4. The van der Waals surface area contributed by atoms with Crippen molar-refractivity contribution in [2.45, 2.75) is 0 Å². The quantitative estimate of drug-likeness (QED) is 0.106. The number of para-hydroxylation sites is 2. The molecule has 0 amide bonds. The molecular formula is C37H36N2O10. The van der Waals surface area contributed by atoms with Crippen LogP contribution < -0.4 is 25.0 Å². The summed E-state index contributed by atoms with van der Waals surface area (Å²) in [6, 6.07) is 32.6. The second-order valence-corrected chi connectivity index (χ2v) is 9.61. The minimum atomic E-state index is -0.673. The molecule has 12 heteroatoms. The SMILES string of the molecule is COC(=O)/C=C(\Nc1cccc(OC)c1)C(=O)OC.COC(=O)c1cc(=O)c2ccc(OC)cc2[nH]1.c1ccc(Oc2ccccc2)cc1. The molecule has 254 valence electrons. The van der Waals surface area contributed by atoms with E-state index in [2.05, 4.69) is 24.5 Å². The zero-order valence-electron chi connectivity index (χ0n) is 27.6. The van der Waals surface area contributed by atoms with E-state index in [1.165, 1.54) is 41.6 Å². The summed E-state index contributed by atoms with van der Waals surface area (Å²) in [6.45, 7) is 0. The number of hydrogen-bond donors (Lipinski definition) is 2. The first kappa shape index (κ1) is 36.9. The number of aromatic nitrogens is 1. The molecule has 0 aliphatic rings. The first-order valence-corrected chi connectivity index (χ1v) is 14.6. The highest BCUT2D eigenvalue weighted by molar-refractivity contribution is 5.98. The van der Waals surface area contributed by atoms with Crippen LogP contribution in [0.15, 0.2) is 126 Å². The van der Waals surface area contributed by atoms with E-state index in [4.69, 9.17) is 14.2 Å². The third-order valence-corrected chi connectivity index (χ3v) is 6.38. The predicted molar refractivity (Wildman–Crippen MR) is 184 cm³/mol. The molecule has 0 fully saturated rings. The molecule has 0 aliphatic heterocycles. The van der Waals surface area contributed by atoms with Gasteiger partial charge in [-0.1, -0.05) is 42.5 Å². The van der Waals surface area contributed by atoms with Crippen LogP contribution in [0.25, 0.3) is 10.9 Å². The second-order valence-electron chi connectivity index (χ2n) is 9.61. The summed E-state index contributed by atoms with van der Waals surface area (Å²) in [7, 11) is 6.77. The number of carbonyl (C=O) groups is 3. The number of anilines is 1. The maximum atomic E-state index is 11.8. The number of H-pyrrole nitrogens is 1.